The Kier molecular flexibility index (Phi) is 4.23. The number of aromatic nitrogens is 1. The van der Waals surface area contributed by atoms with Crippen molar-refractivity contribution in [1.82, 2.24) is 4.98 Å². The Hall–Kier alpha value is -1.77. The second-order valence-electron chi connectivity index (χ2n) is 6.85. The minimum atomic E-state index is -0.694. The molecule has 0 amide bonds. The normalized spacial score (nSPS) is 19.2. The van der Waals surface area contributed by atoms with Gasteiger partial charge >= 0.3 is 5.97 Å². The van der Waals surface area contributed by atoms with Crippen molar-refractivity contribution in [1.29, 1.82) is 0 Å². The van der Waals surface area contributed by atoms with Crippen molar-refractivity contribution in [3.05, 3.63) is 35.5 Å². The number of fused-ring (bicyclic) bond motifs is 1. The second-order valence-corrected chi connectivity index (χ2v) is 6.85. The van der Waals surface area contributed by atoms with E-state index in [0.717, 1.165) is 11.1 Å². The Balaban J connectivity index is 1.92. The maximum Gasteiger partial charge on any atom is 0.311 e. The van der Waals surface area contributed by atoms with Crippen LogP contribution in [-0.2, 0) is 4.79 Å². The van der Waals surface area contributed by atoms with Crippen molar-refractivity contribution in [3.63, 3.8) is 0 Å². The lowest BCUT2D eigenvalue weighted by Gasteiger charge is -2.31. The highest BCUT2D eigenvalue weighted by atomic mass is 16.4. The van der Waals surface area contributed by atoms with E-state index in [1.54, 1.807) is 0 Å². The SMILES string of the molecule is Cc1c[nH]c2cc(C(C(=O)O)C(C)C3CCCCC3)ccc12. The zero-order valence-corrected chi connectivity index (χ0v) is 13.4. The first-order valence-corrected chi connectivity index (χ1v) is 8.38. The molecule has 3 nitrogen and oxygen atoms in total. The average molecular weight is 299 g/mol. The zero-order valence-electron chi connectivity index (χ0n) is 13.4. The largest absolute Gasteiger partial charge is 0.481 e. The minimum Gasteiger partial charge on any atom is -0.481 e. The molecule has 1 aromatic heterocycles. The van der Waals surface area contributed by atoms with Crippen LogP contribution in [0.2, 0.25) is 0 Å². The molecule has 1 fully saturated rings. The minimum absolute atomic E-state index is 0.186. The van der Waals surface area contributed by atoms with Crippen LogP contribution in [0.25, 0.3) is 10.9 Å². The highest BCUT2D eigenvalue weighted by molar-refractivity contribution is 5.85. The van der Waals surface area contributed by atoms with Crippen LogP contribution >= 0.6 is 0 Å². The van der Waals surface area contributed by atoms with Crippen LogP contribution in [0.4, 0.5) is 0 Å². The number of nitrogens with one attached hydrogen (secondary N) is 1. The van der Waals surface area contributed by atoms with E-state index in [1.807, 2.05) is 18.3 Å². The van der Waals surface area contributed by atoms with E-state index < -0.39 is 11.9 Å². The third-order valence-corrected chi connectivity index (χ3v) is 5.46. The quantitative estimate of drug-likeness (QED) is 0.847. The molecule has 0 saturated heterocycles. The number of aryl methyl sites for hydroxylation is 1. The lowest BCUT2D eigenvalue weighted by molar-refractivity contribution is -0.140. The summed E-state index contributed by atoms with van der Waals surface area (Å²) in [5, 5.41) is 11.0. The van der Waals surface area contributed by atoms with E-state index in [9.17, 15) is 9.90 Å². The fraction of sp³-hybridized carbons (Fsp3) is 0.526. The van der Waals surface area contributed by atoms with Gasteiger partial charge in [-0.1, -0.05) is 51.2 Å². The number of carbonyl (C=O) groups is 1. The first-order chi connectivity index (χ1) is 10.6. The smallest absolute Gasteiger partial charge is 0.311 e. The predicted octanol–water partition coefficient (Wildman–Crippen LogP) is 4.86. The Bertz CT molecular complexity index is 667. The summed E-state index contributed by atoms with van der Waals surface area (Å²) < 4.78 is 0. The molecule has 1 aromatic carbocycles. The number of benzene rings is 1. The van der Waals surface area contributed by atoms with E-state index in [4.69, 9.17) is 0 Å². The molecule has 22 heavy (non-hydrogen) atoms. The monoisotopic (exact) mass is 299 g/mol. The van der Waals surface area contributed by atoms with E-state index in [2.05, 4.69) is 24.9 Å². The van der Waals surface area contributed by atoms with Crippen molar-refractivity contribution < 1.29 is 9.90 Å². The van der Waals surface area contributed by atoms with Crippen molar-refractivity contribution >= 4 is 16.9 Å². The molecule has 2 atom stereocenters. The maximum atomic E-state index is 11.9. The van der Waals surface area contributed by atoms with Crippen molar-refractivity contribution in [3.8, 4) is 0 Å². The summed E-state index contributed by atoms with van der Waals surface area (Å²) in [5.74, 6) is -0.376. The van der Waals surface area contributed by atoms with Gasteiger partial charge < -0.3 is 10.1 Å². The first kappa shape index (κ1) is 15.1. The van der Waals surface area contributed by atoms with Crippen LogP contribution in [0.15, 0.2) is 24.4 Å². The van der Waals surface area contributed by atoms with Crippen LogP contribution < -0.4 is 0 Å². The van der Waals surface area contributed by atoms with Crippen LogP contribution in [0, 0.1) is 18.8 Å². The topological polar surface area (TPSA) is 53.1 Å². The number of hydrogen-bond acceptors (Lipinski definition) is 1. The fourth-order valence-electron chi connectivity index (χ4n) is 4.09. The molecule has 0 bridgehead atoms. The second kappa shape index (κ2) is 6.15. The van der Waals surface area contributed by atoms with Crippen LogP contribution in [0.3, 0.4) is 0 Å². The van der Waals surface area contributed by atoms with E-state index in [0.29, 0.717) is 5.92 Å². The number of carboxylic acids is 1. The van der Waals surface area contributed by atoms with Gasteiger partial charge in [0.25, 0.3) is 0 Å². The summed E-state index contributed by atoms with van der Waals surface area (Å²) in [4.78, 5) is 15.2. The first-order valence-electron chi connectivity index (χ1n) is 8.38. The summed E-state index contributed by atoms with van der Waals surface area (Å²) >= 11 is 0. The number of aliphatic carboxylic acids is 1. The Labute approximate surface area is 131 Å². The summed E-state index contributed by atoms with van der Waals surface area (Å²) in [7, 11) is 0. The fourth-order valence-corrected chi connectivity index (χ4v) is 4.09. The molecule has 1 saturated carbocycles. The van der Waals surface area contributed by atoms with Gasteiger partial charge in [0.05, 0.1) is 5.92 Å². The van der Waals surface area contributed by atoms with Gasteiger partial charge in [0.1, 0.15) is 0 Å². The number of aromatic amines is 1. The third-order valence-electron chi connectivity index (χ3n) is 5.46. The number of H-pyrrole nitrogens is 1. The summed E-state index contributed by atoms with van der Waals surface area (Å²) in [6.45, 7) is 4.19. The van der Waals surface area contributed by atoms with Gasteiger partial charge in [0.15, 0.2) is 0 Å². The Morgan fingerprint density at radius 3 is 2.68 bits per heavy atom. The molecule has 2 aromatic rings. The average Bonchev–Trinajstić information content (AvgIpc) is 2.89. The molecule has 1 heterocycles. The summed E-state index contributed by atoms with van der Waals surface area (Å²) in [5.41, 5.74) is 3.17. The number of rotatable bonds is 4. The van der Waals surface area contributed by atoms with E-state index in [-0.39, 0.29) is 5.92 Å². The van der Waals surface area contributed by atoms with Gasteiger partial charge in [-0.15, -0.1) is 0 Å². The van der Waals surface area contributed by atoms with E-state index >= 15 is 0 Å². The summed E-state index contributed by atoms with van der Waals surface area (Å²) in [6.07, 6.45) is 8.12. The van der Waals surface area contributed by atoms with Gasteiger partial charge in [-0.05, 0) is 36.0 Å². The molecule has 1 aliphatic carbocycles. The molecule has 2 N–H and O–H groups in total. The third kappa shape index (κ3) is 2.77. The molecule has 3 heteroatoms. The Morgan fingerprint density at radius 2 is 2.00 bits per heavy atom. The molecule has 0 aliphatic heterocycles. The van der Waals surface area contributed by atoms with E-state index in [1.165, 1.54) is 43.1 Å². The lowest BCUT2D eigenvalue weighted by atomic mass is 9.73. The number of hydrogen-bond donors (Lipinski definition) is 2. The maximum absolute atomic E-state index is 11.9. The molecular weight excluding hydrogens is 274 g/mol. The lowest BCUT2D eigenvalue weighted by Crippen LogP contribution is -2.27. The van der Waals surface area contributed by atoms with Crippen molar-refractivity contribution in [2.45, 2.75) is 51.9 Å². The highest BCUT2D eigenvalue weighted by Crippen LogP contribution is 2.39. The molecule has 1 aliphatic rings. The Morgan fingerprint density at radius 1 is 1.27 bits per heavy atom. The number of carboxylic acid groups (broad SMARTS) is 1. The summed E-state index contributed by atoms with van der Waals surface area (Å²) in [6, 6.07) is 6.09. The van der Waals surface area contributed by atoms with Crippen LogP contribution in [0.1, 0.15) is 56.1 Å². The van der Waals surface area contributed by atoms with Crippen LogP contribution in [0.5, 0.6) is 0 Å². The molecule has 0 radical (unpaired) electrons. The van der Waals surface area contributed by atoms with Crippen molar-refractivity contribution in [2.75, 3.05) is 0 Å². The molecule has 118 valence electrons. The molecule has 0 spiro atoms. The van der Waals surface area contributed by atoms with Crippen LogP contribution in [-0.4, -0.2) is 16.1 Å². The van der Waals surface area contributed by atoms with Gasteiger partial charge in [-0.25, -0.2) is 0 Å². The van der Waals surface area contributed by atoms with Gasteiger partial charge in [-0.2, -0.15) is 0 Å². The predicted molar refractivity (Wildman–Crippen MR) is 89.2 cm³/mol. The molecular formula is C19H25NO2. The molecule has 3 rings (SSSR count). The van der Waals surface area contributed by atoms with Gasteiger partial charge in [0, 0.05) is 17.1 Å². The standard InChI is InChI=1S/C19H25NO2/c1-12-11-20-17-10-15(8-9-16(12)17)18(19(21)22)13(2)14-6-4-3-5-7-14/h8-11,13-14,18,20H,3-7H2,1-2H3,(H,21,22). The zero-order chi connectivity index (χ0) is 15.7. The highest BCUT2D eigenvalue weighted by Gasteiger charge is 2.33. The van der Waals surface area contributed by atoms with Gasteiger partial charge in [0.2, 0.25) is 0 Å². The van der Waals surface area contributed by atoms with Crippen molar-refractivity contribution in [2.24, 2.45) is 11.8 Å². The molecule has 2 unspecified atom stereocenters. The van der Waals surface area contributed by atoms with Gasteiger partial charge in [-0.3, -0.25) is 4.79 Å².